The van der Waals surface area contributed by atoms with Crippen molar-refractivity contribution in [3.8, 4) is 0 Å². The van der Waals surface area contributed by atoms with Gasteiger partial charge in [-0.05, 0) is 29.1 Å². The quantitative estimate of drug-likeness (QED) is 0.599. The number of rotatable bonds is 4. The van der Waals surface area contributed by atoms with Gasteiger partial charge in [0, 0.05) is 0 Å². The highest BCUT2D eigenvalue weighted by atomic mass is 14.5. The highest BCUT2D eigenvalue weighted by molar-refractivity contribution is 4.90. The fraction of sp³-hybridized carbons (Fsp3) is 1.00. The molecule has 0 aromatic carbocycles. The highest BCUT2D eigenvalue weighted by Crippen LogP contribution is 2.48. The predicted octanol–water partition coefficient (Wildman–Crippen LogP) is 4.60. The van der Waals surface area contributed by atoms with Crippen LogP contribution in [0.3, 0.4) is 0 Å². The summed E-state index contributed by atoms with van der Waals surface area (Å²) >= 11 is 0. The third-order valence-electron chi connectivity index (χ3n) is 4.00. The van der Waals surface area contributed by atoms with Gasteiger partial charge >= 0.3 is 0 Å². The summed E-state index contributed by atoms with van der Waals surface area (Å²) < 4.78 is 0. The Balaban J connectivity index is 5.06. The lowest BCUT2D eigenvalue weighted by Crippen LogP contribution is -2.42. The van der Waals surface area contributed by atoms with E-state index in [4.69, 9.17) is 0 Å². The Kier molecular flexibility index (Phi) is 4.48. The molecule has 0 heteroatoms. The van der Waals surface area contributed by atoms with E-state index in [1.54, 1.807) is 0 Å². The van der Waals surface area contributed by atoms with Crippen molar-refractivity contribution in [1.29, 1.82) is 0 Å². The predicted molar refractivity (Wildman–Crippen MR) is 61.8 cm³/mol. The van der Waals surface area contributed by atoms with Crippen LogP contribution < -0.4 is 0 Å². The van der Waals surface area contributed by atoms with Gasteiger partial charge in [-0.25, -0.2) is 0 Å². The van der Waals surface area contributed by atoms with Crippen LogP contribution in [0.25, 0.3) is 0 Å². The van der Waals surface area contributed by atoms with Gasteiger partial charge in [0.15, 0.2) is 0 Å². The molecule has 0 saturated heterocycles. The van der Waals surface area contributed by atoms with Crippen molar-refractivity contribution in [3.05, 3.63) is 0 Å². The molecule has 0 radical (unpaired) electrons. The summed E-state index contributed by atoms with van der Waals surface area (Å²) in [4.78, 5) is 0. The standard InChI is InChI=1S/C13H28/c1-9(2)13(10(3)4,11(5)6)12(7)8/h9-12H,1-8H3. The maximum absolute atomic E-state index is 2.38. The molecule has 0 N–H and O–H groups in total. The van der Waals surface area contributed by atoms with Crippen LogP contribution in [0.15, 0.2) is 0 Å². The van der Waals surface area contributed by atoms with E-state index >= 15 is 0 Å². The van der Waals surface area contributed by atoms with Crippen molar-refractivity contribution in [2.24, 2.45) is 29.1 Å². The summed E-state index contributed by atoms with van der Waals surface area (Å²) in [5, 5.41) is 0. The van der Waals surface area contributed by atoms with Crippen LogP contribution in [0.4, 0.5) is 0 Å². The minimum atomic E-state index is 0.500. The van der Waals surface area contributed by atoms with E-state index in [1.165, 1.54) is 0 Å². The average Bonchev–Trinajstić information content (AvgIpc) is 1.82. The molecule has 0 aliphatic carbocycles. The fourth-order valence-electron chi connectivity index (χ4n) is 4.00. The summed E-state index contributed by atoms with van der Waals surface area (Å²) in [6.07, 6.45) is 0. The molecule has 13 heavy (non-hydrogen) atoms. The minimum Gasteiger partial charge on any atom is -0.0622 e. The largest absolute Gasteiger partial charge is 0.0622 e. The Morgan fingerprint density at radius 3 is 0.615 bits per heavy atom. The van der Waals surface area contributed by atoms with E-state index < -0.39 is 0 Å². The Labute approximate surface area is 85.1 Å². The Morgan fingerprint density at radius 1 is 0.462 bits per heavy atom. The van der Waals surface area contributed by atoms with E-state index in [0.29, 0.717) is 5.41 Å². The lowest BCUT2D eigenvalue weighted by molar-refractivity contribution is -0.00353. The molecule has 0 aliphatic heterocycles. The second kappa shape index (κ2) is 4.48. The third-order valence-corrected chi connectivity index (χ3v) is 4.00. The molecule has 0 aromatic rings. The van der Waals surface area contributed by atoms with Crippen molar-refractivity contribution < 1.29 is 0 Å². The van der Waals surface area contributed by atoms with Crippen LogP contribution in [0.1, 0.15) is 55.4 Å². The van der Waals surface area contributed by atoms with Crippen LogP contribution in [0.5, 0.6) is 0 Å². The molecule has 0 fully saturated rings. The smallest absolute Gasteiger partial charge is 0.0205 e. The van der Waals surface area contributed by atoms with Crippen molar-refractivity contribution in [3.63, 3.8) is 0 Å². The molecular weight excluding hydrogens is 156 g/mol. The molecule has 0 heterocycles. The Hall–Kier alpha value is 0. The first-order chi connectivity index (χ1) is 5.77. The topological polar surface area (TPSA) is 0 Å². The van der Waals surface area contributed by atoms with Gasteiger partial charge in [-0.15, -0.1) is 0 Å². The second-order valence-electron chi connectivity index (χ2n) is 5.62. The van der Waals surface area contributed by atoms with Crippen molar-refractivity contribution in [1.82, 2.24) is 0 Å². The van der Waals surface area contributed by atoms with Gasteiger partial charge in [-0.3, -0.25) is 0 Å². The molecule has 0 amide bonds. The highest BCUT2D eigenvalue weighted by Gasteiger charge is 2.42. The van der Waals surface area contributed by atoms with Gasteiger partial charge in [0.05, 0.1) is 0 Å². The van der Waals surface area contributed by atoms with Gasteiger partial charge in [-0.2, -0.15) is 0 Å². The lowest BCUT2D eigenvalue weighted by atomic mass is 9.56. The van der Waals surface area contributed by atoms with Crippen molar-refractivity contribution in [2.75, 3.05) is 0 Å². The van der Waals surface area contributed by atoms with E-state index in [2.05, 4.69) is 55.4 Å². The van der Waals surface area contributed by atoms with Crippen molar-refractivity contribution >= 4 is 0 Å². The fourth-order valence-corrected chi connectivity index (χ4v) is 4.00. The van der Waals surface area contributed by atoms with E-state index in [1.807, 2.05) is 0 Å². The van der Waals surface area contributed by atoms with Crippen LogP contribution in [-0.2, 0) is 0 Å². The summed E-state index contributed by atoms with van der Waals surface area (Å²) in [6, 6.07) is 0. The molecule has 80 valence electrons. The first-order valence-corrected chi connectivity index (χ1v) is 5.77. The molecule has 0 bridgehead atoms. The van der Waals surface area contributed by atoms with Gasteiger partial charge in [0.2, 0.25) is 0 Å². The SMILES string of the molecule is CC(C)C(C(C)C)(C(C)C)C(C)C. The van der Waals surface area contributed by atoms with Crippen molar-refractivity contribution in [2.45, 2.75) is 55.4 Å². The van der Waals surface area contributed by atoms with Crippen LogP contribution in [0.2, 0.25) is 0 Å². The average molecular weight is 184 g/mol. The van der Waals surface area contributed by atoms with Gasteiger partial charge in [0.25, 0.3) is 0 Å². The zero-order valence-corrected chi connectivity index (χ0v) is 10.8. The monoisotopic (exact) mass is 184 g/mol. The molecule has 0 atom stereocenters. The van der Waals surface area contributed by atoms with Gasteiger partial charge < -0.3 is 0 Å². The molecule has 0 saturated carbocycles. The van der Waals surface area contributed by atoms with Gasteiger partial charge in [-0.1, -0.05) is 55.4 Å². The Bertz CT molecular complexity index is 103. The molecular formula is C13H28. The maximum Gasteiger partial charge on any atom is -0.0205 e. The zero-order chi connectivity index (χ0) is 10.8. The lowest BCUT2D eigenvalue weighted by Gasteiger charge is -2.49. The van der Waals surface area contributed by atoms with E-state index in [9.17, 15) is 0 Å². The number of hydrogen-bond donors (Lipinski definition) is 0. The van der Waals surface area contributed by atoms with Crippen LogP contribution in [-0.4, -0.2) is 0 Å². The first kappa shape index (κ1) is 13.0. The van der Waals surface area contributed by atoms with Gasteiger partial charge in [0.1, 0.15) is 0 Å². The molecule has 0 aromatic heterocycles. The maximum atomic E-state index is 2.38. The Morgan fingerprint density at radius 2 is 0.615 bits per heavy atom. The zero-order valence-electron chi connectivity index (χ0n) is 10.8. The summed E-state index contributed by atoms with van der Waals surface area (Å²) in [7, 11) is 0. The third kappa shape index (κ3) is 2.08. The first-order valence-electron chi connectivity index (χ1n) is 5.77. The summed E-state index contributed by atoms with van der Waals surface area (Å²) in [5.41, 5.74) is 0.500. The van der Waals surface area contributed by atoms with Crippen LogP contribution in [0, 0.1) is 29.1 Å². The summed E-state index contributed by atoms with van der Waals surface area (Å²) in [6.45, 7) is 19.0. The minimum absolute atomic E-state index is 0.500. The van der Waals surface area contributed by atoms with E-state index in [-0.39, 0.29) is 0 Å². The molecule has 0 aliphatic rings. The summed E-state index contributed by atoms with van der Waals surface area (Å²) in [5.74, 6) is 3.08. The molecule has 0 spiro atoms. The molecule has 0 nitrogen and oxygen atoms in total. The number of hydrogen-bond acceptors (Lipinski definition) is 0. The molecule has 0 rings (SSSR count). The van der Waals surface area contributed by atoms with E-state index in [0.717, 1.165) is 23.7 Å². The van der Waals surface area contributed by atoms with Crippen LogP contribution >= 0.6 is 0 Å². The molecule has 0 unspecified atom stereocenters. The second-order valence-corrected chi connectivity index (χ2v) is 5.62. The normalized spacial score (nSPS) is 13.8.